The van der Waals surface area contributed by atoms with Crippen LogP contribution in [0.5, 0.6) is 0 Å². The molecule has 0 unspecified atom stereocenters. The van der Waals surface area contributed by atoms with Gasteiger partial charge < -0.3 is 0 Å². The Labute approximate surface area is 160 Å². The fourth-order valence-corrected chi connectivity index (χ4v) is 5.54. The van der Waals surface area contributed by atoms with Crippen molar-refractivity contribution >= 4 is 22.7 Å². The second-order valence-corrected chi connectivity index (χ2v) is 9.21. The molecule has 3 aliphatic rings. The highest BCUT2D eigenvalue weighted by Gasteiger charge is 2.42. The molecule has 2 aromatic carbocycles. The van der Waals surface area contributed by atoms with Gasteiger partial charge in [0.25, 0.3) is 0 Å². The number of allylic oxidation sites excluding steroid dienone is 6. The highest BCUT2D eigenvalue weighted by molar-refractivity contribution is 6.32. The molecule has 0 aromatic heterocycles. The van der Waals surface area contributed by atoms with Gasteiger partial charge in [-0.3, -0.25) is 0 Å². The molecule has 0 aliphatic heterocycles. The summed E-state index contributed by atoms with van der Waals surface area (Å²) >= 11 is 6.65. The van der Waals surface area contributed by atoms with E-state index in [0.717, 1.165) is 11.4 Å². The van der Waals surface area contributed by atoms with E-state index in [-0.39, 0.29) is 10.8 Å². The zero-order valence-corrected chi connectivity index (χ0v) is 16.5. The van der Waals surface area contributed by atoms with Gasteiger partial charge in [-0.15, -0.1) is 0 Å². The average Bonchev–Trinajstić information content (AvgIpc) is 2.75. The zero-order chi connectivity index (χ0) is 18.3. The maximum absolute atomic E-state index is 6.65. The largest absolute Gasteiger partial charge is 0.0840 e. The quantitative estimate of drug-likeness (QED) is 0.471. The normalized spacial score (nSPS) is 21.3. The molecule has 0 spiro atoms. The van der Waals surface area contributed by atoms with Crippen molar-refractivity contribution in [1.82, 2.24) is 0 Å². The minimum atomic E-state index is -0.0797. The Balaban J connectivity index is 1.86. The Hall–Kier alpha value is -2.05. The highest BCUT2D eigenvalue weighted by atomic mass is 35.5. The fourth-order valence-electron chi connectivity index (χ4n) is 5.13. The average molecular weight is 359 g/mol. The number of hydrogen-bond acceptors (Lipinski definition) is 0. The van der Waals surface area contributed by atoms with E-state index < -0.39 is 0 Å². The highest BCUT2D eigenvalue weighted by Crippen LogP contribution is 2.55. The number of halogens is 1. The molecule has 0 saturated heterocycles. The summed E-state index contributed by atoms with van der Waals surface area (Å²) in [6.45, 7) is 9.34. The van der Waals surface area contributed by atoms with Gasteiger partial charge in [0.15, 0.2) is 0 Å². The van der Waals surface area contributed by atoms with Crippen LogP contribution in [0.1, 0.15) is 56.4 Å². The van der Waals surface area contributed by atoms with Crippen molar-refractivity contribution < 1.29 is 0 Å². The van der Waals surface area contributed by atoms with Crippen LogP contribution in [0.4, 0.5) is 0 Å². The van der Waals surface area contributed by atoms with Crippen LogP contribution in [-0.2, 0) is 10.8 Å². The Bertz CT molecular complexity index is 1060. The maximum Gasteiger partial charge on any atom is 0.0453 e. The van der Waals surface area contributed by atoms with E-state index in [0.29, 0.717) is 0 Å². The van der Waals surface area contributed by atoms with E-state index >= 15 is 0 Å². The number of benzene rings is 2. The lowest BCUT2D eigenvalue weighted by Crippen LogP contribution is -2.26. The van der Waals surface area contributed by atoms with Gasteiger partial charge >= 0.3 is 0 Å². The third kappa shape index (κ3) is 1.91. The Morgan fingerprint density at radius 2 is 1.54 bits per heavy atom. The van der Waals surface area contributed by atoms with Crippen LogP contribution in [0, 0.1) is 0 Å². The lowest BCUT2D eigenvalue weighted by atomic mass is 9.67. The van der Waals surface area contributed by atoms with Crippen molar-refractivity contribution in [2.75, 3.05) is 0 Å². The summed E-state index contributed by atoms with van der Waals surface area (Å²) < 4.78 is 0. The van der Waals surface area contributed by atoms with Gasteiger partial charge in [-0.2, -0.15) is 0 Å². The molecule has 0 nitrogen and oxygen atoms in total. The van der Waals surface area contributed by atoms with Crippen LogP contribution in [0.2, 0.25) is 5.02 Å². The fraction of sp³-hybridized carbons (Fsp3) is 0.280. The van der Waals surface area contributed by atoms with Crippen LogP contribution in [0.3, 0.4) is 0 Å². The van der Waals surface area contributed by atoms with Crippen molar-refractivity contribution in [3.8, 4) is 0 Å². The molecule has 1 heteroatoms. The van der Waals surface area contributed by atoms with Gasteiger partial charge in [0.2, 0.25) is 0 Å². The first-order chi connectivity index (χ1) is 12.3. The molecule has 3 aliphatic carbocycles. The van der Waals surface area contributed by atoms with Crippen LogP contribution in [0.15, 0.2) is 65.8 Å². The van der Waals surface area contributed by atoms with E-state index in [1.807, 2.05) is 6.07 Å². The van der Waals surface area contributed by atoms with Gasteiger partial charge in [0, 0.05) is 15.9 Å². The summed E-state index contributed by atoms with van der Waals surface area (Å²) in [5, 5.41) is 0.877. The molecule has 0 amide bonds. The first kappa shape index (κ1) is 16.1. The molecule has 0 N–H and O–H groups in total. The molecule has 0 heterocycles. The zero-order valence-electron chi connectivity index (χ0n) is 15.8. The third-order valence-corrected chi connectivity index (χ3v) is 6.97. The summed E-state index contributed by atoms with van der Waals surface area (Å²) in [6.07, 6.45) is 5.94. The molecular weight excluding hydrogens is 336 g/mol. The van der Waals surface area contributed by atoms with Crippen molar-refractivity contribution in [3.05, 3.63) is 93.0 Å². The van der Waals surface area contributed by atoms with Crippen LogP contribution < -0.4 is 0 Å². The standard InChI is InChI=1S/C25H23Cl/c1-24(2)16-12-15(17-8-5-6-10-20(17)24)13-21-19(14-16)18-9-7-11-22(26)23(18)25(21,3)4/h5-11,13-14H,12H2,1-4H3. The molecule has 130 valence electrons. The molecule has 2 bridgehead atoms. The monoisotopic (exact) mass is 358 g/mol. The van der Waals surface area contributed by atoms with Crippen molar-refractivity contribution in [2.45, 2.75) is 44.9 Å². The van der Waals surface area contributed by atoms with E-state index in [1.165, 1.54) is 44.5 Å². The third-order valence-electron chi connectivity index (χ3n) is 6.66. The molecule has 26 heavy (non-hydrogen) atoms. The van der Waals surface area contributed by atoms with Crippen LogP contribution >= 0.6 is 11.6 Å². The van der Waals surface area contributed by atoms with Gasteiger partial charge in [-0.1, -0.05) is 93.4 Å². The predicted molar refractivity (Wildman–Crippen MR) is 112 cm³/mol. The molecule has 0 atom stereocenters. The first-order valence-electron chi connectivity index (χ1n) is 9.37. The van der Waals surface area contributed by atoms with E-state index in [9.17, 15) is 0 Å². The molecule has 0 saturated carbocycles. The van der Waals surface area contributed by atoms with Crippen molar-refractivity contribution in [3.63, 3.8) is 0 Å². The van der Waals surface area contributed by atoms with Crippen molar-refractivity contribution in [1.29, 1.82) is 0 Å². The van der Waals surface area contributed by atoms with Gasteiger partial charge in [0.05, 0.1) is 0 Å². The van der Waals surface area contributed by atoms with Gasteiger partial charge in [0.1, 0.15) is 0 Å². The molecular formula is C25H23Cl. The topological polar surface area (TPSA) is 0 Å². The smallest absolute Gasteiger partial charge is 0.0453 e. The lowest BCUT2D eigenvalue weighted by Gasteiger charge is -2.37. The number of fused-ring (bicyclic) bond motifs is 6. The van der Waals surface area contributed by atoms with Gasteiger partial charge in [-0.05, 0) is 51.5 Å². The van der Waals surface area contributed by atoms with Crippen LogP contribution in [-0.4, -0.2) is 0 Å². The maximum atomic E-state index is 6.65. The second-order valence-electron chi connectivity index (χ2n) is 8.80. The minimum Gasteiger partial charge on any atom is -0.0840 e. The number of rotatable bonds is 0. The Kier molecular flexibility index (Phi) is 3.12. The first-order valence-corrected chi connectivity index (χ1v) is 9.75. The SMILES string of the molecule is CC1(C)C2=CC3=C(C=C(C2)c2ccccc21)C(C)(C)c1c(Cl)cccc13. The molecule has 0 radical (unpaired) electrons. The van der Waals surface area contributed by atoms with Crippen molar-refractivity contribution in [2.24, 2.45) is 0 Å². The summed E-state index contributed by atoms with van der Waals surface area (Å²) in [6, 6.07) is 15.2. The predicted octanol–water partition coefficient (Wildman–Crippen LogP) is 7.09. The lowest BCUT2D eigenvalue weighted by molar-refractivity contribution is 0.598. The summed E-state index contributed by atoms with van der Waals surface area (Å²) in [5.74, 6) is 0. The summed E-state index contributed by atoms with van der Waals surface area (Å²) in [7, 11) is 0. The second kappa shape index (κ2) is 5.02. The molecule has 2 aromatic rings. The Morgan fingerprint density at radius 3 is 2.35 bits per heavy atom. The Morgan fingerprint density at radius 1 is 0.808 bits per heavy atom. The molecule has 0 fully saturated rings. The van der Waals surface area contributed by atoms with Gasteiger partial charge in [-0.25, -0.2) is 0 Å². The number of hydrogen-bond donors (Lipinski definition) is 0. The van der Waals surface area contributed by atoms with E-state index in [2.05, 4.69) is 76.2 Å². The van der Waals surface area contributed by atoms with Crippen LogP contribution in [0.25, 0.3) is 11.1 Å². The van der Waals surface area contributed by atoms with E-state index in [4.69, 9.17) is 11.6 Å². The van der Waals surface area contributed by atoms with E-state index in [1.54, 1.807) is 0 Å². The summed E-state index contributed by atoms with van der Waals surface area (Å²) in [5.41, 5.74) is 11.1. The molecule has 5 rings (SSSR count). The minimum absolute atomic E-state index is 0.0435. The summed E-state index contributed by atoms with van der Waals surface area (Å²) in [4.78, 5) is 0.